The van der Waals surface area contributed by atoms with Gasteiger partial charge in [0.25, 0.3) is 5.78 Å². The van der Waals surface area contributed by atoms with Crippen LogP contribution < -0.4 is 5.32 Å². The number of carbonyl (C=O) groups excluding carboxylic acids is 2. The Kier molecular flexibility index (Phi) is 7.33. The minimum Gasteiger partial charge on any atom is -0.444 e. The molecule has 0 heterocycles. The van der Waals surface area contributed by atoms with Gasteiger partial charge in [-0.25, -0.2) is 4.79 Å². The summed E-state index contributed by atoms with van der Waals surface area (Å²) in [5.74, 6) is -0.600. The van der Waals surface area contributed by atoms with E-state index in [1.807, 2.05) is 0 Å². The van der Waals surface area contributed by atoms with E-state index in [-0.39, 0.29) is 13.2 Å². The van der Waals surface area contributed by atoms with Crippen molar-refractivity contribution in [1.29, 1.82) is 0 Å². The third-order valence-corrected chi connectivity index (χ3v) is 1.74. The molecular formula is C12H19N3O4. The predicted molar refractivity (Wildman–Crippen MR) is 68.9 cm³/mol. The highest BCUT2D eigenvalue weighted by molar-refractivity contribution is 6.28. The lowest BCUT2D eigenvalue weighted by Crippen LogP contribution is -2.46. The van der Waals surface area contributed by atoms with Gasteiger partial charge in [0.2, 0.25) is 0 Å². The van der Waals surface area contributed by atoms with Gasteiger partial charge in [-0.3, -0.25) is 4.79 Å². The molecule has 0 saturated heterocycles. The molecule has 0 aromatic carbocycles. The van der Waals surface area contributed by atoms with Crippen LogP contribution in [0.4, 0.5) is 4.79 Å². The van der Waals surface area contributed by atoms with Crippen LogP contribution in [0.3, 0.4) is 0 Å². The van der Waals surface area contributed by atoms with Crippen LogP contribution in [0, 0.1) is 0 Å². The molecule has 0 radical (unpaired) electrons. The maximum atomic E-state index is 11.6. The van der Waals surface area contributed by atoms with Gasteiger partial charge in [-0.2, -0.15) is 4.79 Å². The fraction of sp³-hybridized carbons (Fsp3) is 0.583. The van der Waals surface area contributed by atoms with E-state index in [0.717, 1.165) is 0 Å². The molecule has 0 rings (SSSR count). The van der Waals surface area contributed by atoms with Gasteiger partial charge in [-0.15, -0.1) is 6.58 Å². The lowest BCUT2D eigenvalue weighted by Gasteiger charge is -2.21. The quantitative estimate of drug-likeness (QED) is 0.244. The highest BCUT2D eigenvalue weighted by Crippen LogP contribution is 2.06. The summed E-state index contributed by atoms with van der Waals surface area (Å²) in [6.45, 7) is 8.72. The van der Waals surface area contributed by atoms with E-state index < -0.39 is 23.5 Å². The summed E-state index contributed by atoms with van der Waals surface area (Å²) in [5, 5.41) is 2.34. The molecule has 1 amide bonds. The lowest BCUT2D eigenvalue weighted by atomic mass is 10.2. The zero-order valence-electron chi connectivity index (χ0n) is 11.4. The Morgan fingerprint density at radius 2 is 2.11 bits per heavy atom. The number of rotatable bonds is 7. The van der Waals surface area contributed by atoms with E-state index in [1.165, 1.54) is 6.08 Å². The first-order chi connectivity index (χ1) is 8.80. The molecule has 0 saturated carbocycles. The second-order valence-electron chi connectivity index (χ2n) is 4.67. The Labute approximate surface area is 112 Å². The summed E-state index contributed by atoms with van der Waals surface area (Å²) in [5.41, 5.74) is 7.65. The van der Waals surface area contributed by atoms with Crippen molar-refractivity contribution in [2.24, 2.45) is 0 Å². The first kappa shape index (κ1) is 17.0. The van der Waals surface area contributed by atoms with Gasteiger partial charge in [0.05, 0.1) is 13.2 Å². The van der Waals surface area contributed by atoms with Crippen LogP contribution in [0.25, 0.3) is 5.53 Å². The normalized spacial score (nSPS) is 11.9. The number of hydrogen-bond acceptors (Lipinski definition) is 4. The summed E-state index contributed by atoms with van der Waals surface area (Å²) in [6.07, 6.45) is 1.45. The van der Waals surface area contributed by atoms with Gasteiger partial charge in [-0.1, -0.05) is 6.08 Å². The van der Waals surface area contributed by atoms with Gasteiger partial charge < -0.3 is 20.3 Å². The van der Waals surface area contributed by atoms with Gasteiger partial charge in [0.15, 0.2) is 0 Å². The summed E-state index contributed by atoms with van der Waals surface area (Å²) >= 11 is 0. The maximum absolute atomic E-state index is 11.6. The molecule has 1 N–H and O–H groups in total. The molecule has 0 fully saturated rings. The second kappa shape index (κ2) is 8.18. The van der Waals surface area contributed by atoms with Crippen LogP contribution in [0.15, 0.2) is 12.7 Å². The molecule has 0 aromatic heterocycles. The Bertz CT molecular complexity index is 381. The van der Waals surface area contributed by atoms with Crippen molar-refractivity contribution in [3.63, 3.8) is 0 Å². The zero-order valence-corrected chi connectivity index (χ0v) is 11.4. The summed E-state index contributed by atoms with van der Waals surface area (Å²) < 4.78 is 10.1. The van der Waals surface area contributed by atoms with Gasteiger partial charge in [0, 0.05) is 0 Å². The molecule has 1 atom stereocenters. The third-order valence-electron chi connectivity index (χ3n) is 1.74. The topological polar surface area (TPSA) is 101 Å². The number of nitrogens with one attached hydrogen (secondary N) is 1. The smallest absolute Gasteiger partial charge is 0.408 e. The van der Waals surface area contributed by atoms with E-state index in [4.69, 9.17) is 15.0 Å². The van der Waals surface area contributed by atoms with Crippen molar-refractivity contribution in [2.75, 3.05) is 13.2 Å². The average Bonchev–Trinajstić information content (AvgIpc) is 2.25. The van der Waals surface area contributed by atoms with E-state index in [1.54, 1.807) is 20.8 Å². The summed E-state index contributed by atoms with van der Waals surface area (Å²) in [6, 6.07) is -0.981. The van der Waals surface area contributed by atoms with Crippen molar-refractivity contribution in [3.05, 3.63) is 18.2 Å². The van der Waals surface area contributed by atoms with Gasteiger partial charge >= 0.3 is 12.3 Å². The molecule has 0 spiro atoms. The fourth-order valence-electron chi connectivity index (χ4n) is 1.06. The highest BCUT2D eigenvalue weighted by Gasteiger charge is 2.25. The molecule has 7 nitrogen and oxygen atoms in total. The van der Waals surface area contributed by atoms with Crippen LogP contribution in [-0.4, -0.2) is 47.7 Å². The van der Waals surface area contributed by atoms with Crippen LogP contribution in [0.2, 0.25) is 0 Å². The zero-order chi connectivity index (χ0) is 14.9. The SMILES string of the molecule is C=CCOC[C@H](NC(=O)OC(C)(C)C)C(=O)C=[N+]=[N-]. The Hall–Kier alpha value is -1.98. The lowest BCUT2D eigenvalue weighted by molar-refractivity contribution is -0.119. The van der Waals surface area contributed by atoms with Gasteiger partial charge in [-0.05, 0) is 20.8 Å². The molecule has 0 aliphatic heterocycles. The molecule has 7 heteroatoms. The van der Waals surface area contributed by atoms with Crippen molar-refractivity contribution in [2.45, 2.75) is 32.4 Å². The Morgan fingerprint density at radius 1 is 1.47 bits per heavy atom. The fourth-order valence-corrected chi connectivity index (χ4v) is 1.06. The number of hydrogen-bond donors (Lipinski definition) is 1. The van der Waals surface area contributed by atoms with E-state index in [2.05, 4.69) is 16.7 Å². The molecule has 106 valence electrons. The van der Waals surface area contributed by atoms with Crippen molar-refractivity contribution in [1.82, 2.24) is 5.32 Å². The van der Waals surface area contributed by atoms with Crippen LogP contribution in [0.1, 0.15) is 20.8 Å². The highest BCUT2D eigenvalue weighted by atomic mass is 16.6. The van der Waals surface area contributed by atoms with E-state index >= 15 is 0 Å². The standard InChI is InChI=1S/C12H19N3O4/c1-5-6-18-8-9(10(16)7-14-13)15-11(17)19-12(2,3)4/h5,7,9H,1,6,8H2,2-4H3,(H,15,17)/t9-/m0/s1. The first-order valence-electron chi connectivity index (χ1n) is 5.69. The van der Waals surface area contributed by atoms with Crippen LogP contribution in [-0.2, 0) is 14.3 Å². The predicted octanol–water partition coefficient (Wildman–Crippen LogP) is 0.952. The summed E-state index contributed by atoms with van der Waals surface area (Å²) in [7, 11) is 0. The number of amides is 1. The molecule has 0 aromatic rings. The summed E-state index contributed by atoms with van der Waals surface area (Å²) in [4.78, 5) is 25.7. The average molecular weight is 269 g/mol. The minimum absolute atomic E-state index is 0.0733. The number of nitrogens with zero attached hydrogens (tertiary/aromatic N) is 2. The number of ketones is 1. The van der Waals surface area contributed by atoms with Crippen molar-refractivity contribution < 1.29 is 23.9 Å². The maximum Gasteiger partial charge on any atom is 0.408 e. The molecule has 0 aliphatic rings. The largest absolute Gasteiger partial charge is 0.444 e. The van der Waals surface area contributed by atoms with Crippen molar-refractivity contribution >= 4 is 18.1 Å². The van der Waals surface area contributed by atoms with Crippen LogP contribution in [0.5, 0.6) is 0 Å². The minimum atomic E-state index is -0.981. The molecule has 0 bridgehead atoms. The number of carbonyl (C=O) groups is 2. The Morgan fingerprint density at radius 3 is 2.58 bits per heavy atom. The van der Waals surface area contributed by atoms with E-state index in [0.29, 0.717) is 6.21 Å². The van der Waals surface area contributed by atoms with Crippen LogP contribution >= 0.6 is 0 Å². The molecular weight excluding hydrogens is 250 g/mol. The first-order valence-corrected chi connectivity index (χ1v) is 5.69. The monoisotopic (exact) mass is 269 g/mol. The molecule has 19 heavy (non-hydrogen) atoms. The Balaban J connectivity index is 4.56. The van der Waals surface area contributed by atoms with E-state index in [9.17, 15) is 9.59 Å². The molecule has 0 unspecified atom stereocenters. The number of ether oxygens (including phenoxy) is 2. The second-order valence-corrected chi connectivity index (χ2v) is 4.67. The van der Waals surface area contributed by atoms with Crippen molar-refractivity contribution in [3.8, 4) is 0 Å². The third kappa shape index (κ3) is 8.70. The number of alkyl carbamates (subject to hydrolysis) is 1. The van der Waals surface area contributed by atoms with Gasteiger partial charge in [0.1, 0.15) is 11.6 Å². The molecule has 0 aliphatic carbocycles. The number of Topliss-reactive ketones (excluding diaryl/α,β-unsaturated/α-hetero) is 1.